The summed E-state index contributed by atoms with van der Waals surface area (Å²) in [6.45, 7) is 5.92. The van der Waals surface area contributed by atoms with E-state index in [-0.39, 0.29) is 17.8 Å². The average Bonchev–Trinajstić information content (AvgIpc) is 2.13. The van der Waals surface area contributed by atoms with E-state index >= 15 is 0 Å². The summed E-state index contributed by atoms with van der Waals surface area (Å²) in [6.07, 6.45) is 5.00. The van der Waals surface area contributed by atoms with E-state index in [4.69, 9.17) is 4.74 Å². The van der Waals surface area contributed by atoms with Crippen LogP contribution in [0, 0.1) is 5.92 Å². The summed E-state index contributed by atoms with van der Waals surface area (Å²) in [6, 6.07) is 0. The van der Waals surface area contributed by atoms with Crippen LogP contribution in [0.2, 0.25) is 0 Å². The minimum atomic E-state index is 0.0385. The lowest BCUT2D eigenvalue weighted by molar-refractivity contribution is -0.124. The number of hydrogen-bond acceptors (Lipinski definition) is 2. The molecule has 1 rings (SSSR count). The van der Waals surface area contributed by atoms with Crippen molar-refractivity contribution in [2.45, 2.75) is 46.1 Å². The molecule has 0 unspecified atom stereocenters. The fraction of sp³-hybridized carbons (Fsp3) is 0.727. The van der Waals surface area contributed by atoms with Gasteiger partial charge in [-0.25, -0.2) is 0 Å². The first-order valence-electron chi connectivity index (χ1n) is 5.03. The lowest BCUT2D eigenvalue weighted by atomic mass is 9.90. The first-order chi connectivity index (χ1) is 6.16. The molecule has 13 heavy (non-hydrogen) atoms. The number of unbranched alkanes of at least 4 members (excludes halogenated alkanes) is 1. The lowest BCUT2D eigenvalue weighted by Crippen LogP contribution is -2.31. The highest BCUT2D eigenvalue weighted by Gasteiger charge is 2.28. The fourth-order valence-electron chi connectivity index (χ4n) is 1.62. The summed E-state index contributed by atoms with van der Waals surface area (Å²) in [5.74, 6) is 0.281. The van der Waals surface area contributed by atoms with Gasteiger partial charge in [-0.15, -0.1) is 0 Å². The van der Waals surface area contributed by atoms with Crippen LogP contribution in [0.3, 0.4) is 0 Å². The standard InChI is InChI=1S/C11H18O2/c1-4-5-6-10-9(3)11(12)8(2)7-13-10/h7,9-10H,4-6H2,1-3H3/t9-,10-/m0/s1. The Morgan fingerprint density at radius 2 is 2.23 bits per heavy atom. The van der Waals surface area contributed by atoms with Gasteiger partial charge in [0.2, 0.25) is 0 Å². The maximum absolute atomic E-state index is 11.6. The number of Topliss-reactive ketones (excluding diaryl/α,β-unsaturated/α-hetero) is 1. The highest BCUT2D eigenvalue weighted by Crippen LogP contribution is 2.23. The molecule has 2 heteroatoms. The SMILES string of the molecule is CCCC[C@@H]1OC=C(C)C(=O)[C@H]1C. The van der Waals surface area contributed by atoms with Crippen molar-refractivity contribution in [3.8, 4) is 0 Å². The second-order valence-corrected chi connectivity index (χ2v) is 3.77. The summed E-state index contributed by atoms with van der Waals surface area (Å²) in [5.41, 5.74) is 0.750. The van der Waals surface area contributed by atoms with Crippen molar-refractivity contribution in [3.63, 3.8) is 0 Å². The smallest absolute Gasteiger partial charge is 0.168 e. The zero-order valence-electron chi connectivity index (χ0n) is 8.67. The number of hydrogen-bond donors (Lipinski definition) is 0. The molecule has 1 aliphatic heterocycles. The second-order valence-electron chi connectivity index (χ2n) is 3.77. The molecule has 0 aromatic heterocycles. The topological polar surface area (TPSA) is 26.3 Å². The number of carbonyl (C=O) groups excluding carboxylic acids is 1. The zero-order chi connectivity index (χ0) is 9.84. The molecule has 0 saturated heterocycles. The van der Waals surface area contributed by atoms with E-state index in [1.807, 2.05) is 13.8 Å². The molecule has 1 heterocycles. The van der Waals surface area contributed by atoms with Crippen LogP contribution in [-0.2, 0) is 9.53 Å². The van der Waals surface area contributed by atoms with Gasteiger partial charge in [0.15, 0.2) is 5.78 Å². The maximum atomic E-state index is 11.6. The van der Waals surface area contributed by atoms with Crippen LogP contribution in [0.25, 0.3) is 0 Å². The van der Waals surface area contributed by atoms with Crippen LogP contribution in [-0.4, -0.2) is 11.9 Å². The van der Waals surface area contributed by atoms with Crippen molar-refractivity contribution in [2.24, 2.45) is 5.92 Å². The summed E-state index contributed by atoms with van der Waals surface area (Å²) in [4.78, 5) is 11.6. The van der Waals surface area contributed by atoms with Gasteiger partial charge in [0.25, 0.3) is 0 Å². The van der Waals surface area contributed by atoms with Crippen LogP contribution in [0.1, 0.15) is 40.0 Å². The van der Waals surface area contributed by atoms with Gasteiger partial charge in [-0.1, -0.05) is 26.7 Å². The largest absolute Gasteiger partial charge is 0.497 e. The van der Waals surface area contributed by atoms with Crippen molar-refractivity contribution in [1.29, 1.82) is 0 Å². The van der Waals surface area contributed by atoms with Gasteiger partial charge in [0, 0.05) is 5.57 Å². The molecule has 0 N–H and O–H groups in total. The molecule has 0 spiro atoms. The Hall–Kier alpha value is -0.790. The number of carbonyl (C=O) groups is 1. The van der Waals surface area contributed by atoms with E-state index in [0.717, 1.165) is 24.8 Å². The Morgan fingerprint density at radius 3 is 2.85 bits per heavy atom. The Kier molecular flexibility index (Phi) is 3.52. The van der Waals surface area contributed by atoms with Crippen LogP contribution in [0.4, 0.5) is 0 Å². The van der Waals surface area contributed by atoms with Crippen LogP contribution >= 0.6 is 0 Å². The molecule has 2 atom stereocenters. The van der Waals surface area contributed by atoms with Crippen molar-refractivity contribution in [2.75, 3.05) is 0 Å². The Labute approximate surface area is 80.0 Å². The molecule has 0 aromatic carbocycles. The van der Waals surface area contributed by atoms with Gasteiger partial charge in [-0.3, -0.25) is 4.79 Å². The van der Waals surface area contributed by atoms with Crippen LogP contribution < -0.4 is 0 Å². The molecule has 0 radical (unpaired) electrons. The van der Waals surface area contributed by atoms with E-state index in [9.17, 15) is 4.79 Å². The van der Waals surface area contributed by atoms with E-state index in [0.29, 0.717) is 0 Å². The third-order valence-electron chi connectivity index (χ3n) is 2.62. The van der Waals surface area contributed by atoms with E-state index in [1.54, 1.807) is 6.26 Å². The predicted octanol–water partition coefficient (Wildman–Crippen LogP) is 2.68. The third kappa shape index (κ3) is 2.33. The summed E-state index contributed by atoms with van der Waals surface area (Å²) >= 11 is 0. The number of allylic oxidation sites excluding steroid dienone is 1. The second kappa shape index (κ2) is 4.45. The minimum absolute atomic E-state index is 0.0385. The minimum Gasteiger partial charge on any atom is -0.497 e. The van der Waals surface area contributed by atoms with Gasteiger partial charge >= 0.3 is 0 Å². The van der Waals surface area contributed by atoms with Crippen LogP contribution in [0.15, 0.2) is 11.8 Å². The van der Waals surface area contributed by atoms with E-state index < -0.39 is 0 Å². The monoisotopic (exact) mass is 182 g/mol. The molecule has 74 valence electrons. The molecule has 0 saturated carbocycles. The summed E-state index contributed by atoms with van der Waals surface area (Å²) < 4.78 is 5.49. The van der Waals surface area contributed by atoms with Gasteiger partial charge in [0.05, 0.1) is 12.2 Å². The van der Waals surface area contributed by atoms with Crippen molar-refractivity contribution < 1.29 is 9.53 Å². The van der Waals surface area contributed by atoms with Crippen LogP contribution in [0.5, 0.6) is 0 Å². The first kappa shape index (κ1) is 10.3. The fourth-order valence-corrected chi connectivity index (χ4v) is 1.62. The summed E-state index contributed by atoms with van der Waals surface area (Å²) in [5, 5.41) is 0. The molecule has 0 bridgehead atoms. The normalized spacial score (nSPS) is 28.2. The number of rotatable bonds is 3. The quantitative estimate of drug-likeness (QED) is 0.670. The molecule has 1 aliphatic rings. The van der Waals surface area contributed by atoms with Crippen molar-refractivity contribution >= 4 is 5.78 Å². The van der Waals surface area contributed by atoms with E-state index in [2.05, 4.69) is 6.92 Å². The van der Waals surface area contributed by atoms with Gasteiger partial charge in [0.1, 0.15) is 6.10 Å². The molecule has 0 aromatic rings. The molecule has 0 fully saturated rings. The molecule has 0 amide bonds. The lowest BCUT2D eigenvalue weighted by Gasteiger charge is -2.26. The first-order valence-corrected chi connectivity index (χ1v) is 5.03. The highest BCUT2D eigenvalue weighted by atomic mass is 16.5. The van der Waals surface area contributed by atoms with Gasteiger partial charge in [-0.05, 0) is 13.3 Å². The van der Waals surface area contributed by atoms with Gasteiger partial charge in [-0.2, -0.15) is 0 Å². The third-order valence-corrected chi connectivity index (χ3v) is 2.62. The molecule has 2 nitrogen and oxygen atoms in total. The number of ketones is 1. The van der Waals surface area contributed by atoms with E-state index in [1.165, 1.54) is 0 Å². The molecular formula is C11H18O2. The molecular weight excluding hydrogens is 164 g/mol. The average molecular weight is 182 g/mol. The van der Waals surface area contributed by atoms with Gasteiger partial charge < -0.3 is 4.74 Å². The Morgan fingerprint density at radius 1 is 1.54 bits per heavy atom. The zero-order valence-corrected chi connectivity index (χ0v) is 8.67. The van der Waals surface area contributed by atoms with Crippen molar-refractivity contribution in [1.82, 2.24) is 0 Å². The molecule has 0 aliphatic carbocycles. The predicted molar refractivity (Wildman–Crippen MR) is 52.3 cm³/mol. The summed E-state index contributed by atoms with van der Waals surface area (Å²) in [7, 11) is 0. The number of ether oxygens (including phenoxy) is 1. The van der Waals surface area contributed by atoms with Crippen molar-refractivity contribution in [3.05, 3.63) is 11.8 Å². The maximum Gasteiger partial charge on any atom is 0.168 e. The highest BCUT2D eigenvalue weighted by molar-refractivity contribution is 5.97. The Balaban J connectivity index is 2.55. The Bertz CT molecular complexity index is 218.